The molecule has 0 saturated carbocycles. The summed E-state index contributed by atoms with van der Waals surface area (Å²) >= 11 is 0. The molecule has 3 heterocycles. The number of esters is 2. The van der Waals surface area contributed by atoms with Gasteiger partial charge < -0.3 is 67.4 Å². The minimum absolute atomic E-state index is 0.0211. The second-order valence-corrected chi connectivity index (χ2v) is 19.0. The number of carbonyl (C=O) groups excluding carboxylic acids is 2. The summed E-state index contributed by atoms with van der Waals surface area (Å²) in [7, 11) is 10.8. The molecule has 3 rings (SSSR count). The third kappa shape index (κ3) is 12.6. The first-order valence-electron chi connectivity index (χ1n) is 21.9. The normalized spacial score (nSPS) is 37.8. The maximum Gasteiger partial charge on any atom is 0.311 e. The smallest absolute Gasteiger partial charge is 0.311 e. The van der Waals surface area contributed by atoms with Gasteiger partial charge in [0.1, 0.15) is 23.4 Å². The van der Waals surface area contributed by atoms with Gasteiger partial charge in [-0.1, -0.05) is 27.7 Å². The summed E-state index contributed by atoms with van der Waals surface area (Å²) in [6.07, 6.45) is -5.97. The number of ether oxygens (including phenoxy) is 10. The van der Waals surface area contributed by atoms with Gasteiger partial charge in [-0.3, -0.25) is 9.59 Å². The topological polar surface area (TPSA) is 173 Å². The minimum Gasteiger partial charge on any atom is -0.459 e. The van der Waals surface area contributed by atoms with E-state index in [0.29, 0.717) is 32.2 Å². The summed E-state index contributed by atoms with van der Waals surface area (Å²) < 4.78 is 62.6. The fourth-order valence-electron chi connectivity index (χ4n) is 9.88. The molecule has 0 aromatic rings. The fraction of sp³-hybridized carbons (Fsp3) is 0.955. The number of likely N-dealkylation sites (N-methyl/N-ethyl adjacent to an activating group) is 1. The number of hydrogen-bond donors (Lipinski definition) is 2. The standard InChI is InChI=1S/C44H82N2O14/c1-19-32(43(11)33(20-2)59-44(12,52-18)60-43)56-39(49)28(6)36(57-34-23-42(10,51-17)38(29(7)54-34)55-30(8)47)27(5)37(41(9,50)22-25(3)24-45(13)14)58-40-35(48)31(46(15)16)21-26(4)53-40/h25-29,31-38,40,48,50H,19-24H2,1-18H3/t25-,26-,27+,28-,29+,31+,32-,33-,34+,35-,36+,37-,38+,40+,41-,42-,43-,44?/m1/s1. The highest BCUT2D eigenvalue weighted by Gasteiger charge is 2.58. The number of rotatable bonds is 21. The monoisotopic (exact) mass is 863 g/mol. The molecule has 1 unspecified atom stereocenters. The molecular formula is C44H82N2O14. The van der Waals surface area contributed by atoms with Crippen molar-refractivity contribution in [1.29, 1.82) is 0 Å². The SMILES string of the molecule is CC[C@@H](OC(=O)[C@H](C)[C@@H](O[C@H]1C[C@@](C)(OC)[C@@H](OC(C)=O)[C@H](C)O1)[C@H](C)[C@@H](O[C@@H]1O[C@H](C)C[C@H](N(C)C)[C@H]1O)[C@](C)(O)C[C@@H](C)CN(C)C)[C@@]1(C)OC(C)(OC)O[C@@H]1CC. The predicted octanol–water partition coefficient (Wildman–Crippen LogP) is 4.49. The van der Waals surface area contributed by atoms with Crippen molar-refractivity contribution in [2.24, 2.45) is 17.8 Å². The van der Waals surface area contributed by atoms with E-state index in [4.69, 9.17) is 47.4 Å². The van der Waals surface area contributed by atoms with Crippen LogP contribution in [0.5, 0.6) is 0 Å². The van der Waals surface area contributed by atoms with Crippen molar-refractivity contribution >= 4 is 11.9 Å². The zero-order valence-corrected chi connectivity index (χ0v) is 40.0. The number of nitrogens with zero attached hydrogens (tertiary/aromatic N) is 2. The fourth-order valence-corrected chi connectivity index (χ4v) is 9.88. The largest absolute Gasteiger partial charge is 0.459 e. The van der Waals surface area contributed by atoms with Crippen LogP contribution in [0.2, 0.25) is 0 Å². The Bertz CT molecular complexity index is 1370. The van der Waals surface area contributed by atoms with Crippen LogP contribution in [0, 0.1) is 17.8 Å². The van der Waals surface area contributed by atoms with E-state index in [1.165, 1.54) is 21.1 Å². The Hall–Kier alpha value is -1.54. The van der Waals surface area contributed by atoms with Crippen LogP contribution in [0.15, 0.2) is 0 Å². The van der Waals surface area contributed by atoms with Crippen LogP contribution in [-0.2, 0) is 57.0 Å². The molecule has 0 spiro atoms. The first-order chi connectivity index (χ1) is 27.7. The van der Waals surface area contributed by atoms with E-state index in [1.54, 1.807) is 27.7 Å². The van der Waals surface area contributed by atoms with Gasteiger partial charge in [0.2, 0.25) is 0 Å². The molecule has 0 radical (unpaired) electrons. The molecule has 0 amide bonds. The molecule has 18 atom stereocenters. The Morgan fingerprint density at radius 1 is 0.983 bits per heavy atom. The summed E-state index contributed by atoms with van der Waals surface area (Å²) in [6.45, 7) is 22.4. The van der Waals surface area contributed by atoms with E-state index in [1.807, 2.05) is 74.6 Å². The predicted molar refractivity (Wildman–Crippen MR) is 224 cm³/mol. The summed E-state index contributed by atoms with van der Waals surface area (Å²) in [4.78, 5) is 30.8. The van der Waals surface area contributed by atoms with Crippen molar-refractivity contribution in [1.82, 2.24) is 9.80 Å². The molecule has 3 fully saturated rings. The molecule has 60 heavy (non-hydrogen) atoms. The third-order valence-corrected chi connectivity index (χ3v) is 12.9. The number of hydrogen-bond acceptors (Lipinski definition) is 16. The van der Waals surface area contributed by atoms with Crippen LogP contribution < -0.4 is 0 Å². The lowest BCUT2D eigenvalue weighted by Gasteiger charge is -2.49. The summed E-state index contributed by atoms with van der Waals surface area (Å²) in [5.41, 5.74) is -3.59. The molecule has 3 aliphatic heterocycles. The van der Waals surface area contributed by atoms with Crippen molar-refractivity contribution in [3.05, 3.63) is 0 Å². The lowest BCUT2D eigenvalue weighted by molar-refractivity contribution is -0.331. The van der Waals surface area contributed by atoms with Crippen molar-refractivity contribution in [3.8, 4) is 0 Å². The van der Waals surface area contributed by atoms with E-state index in [9.17, 15) is 19.8 Å². The van der Waals surface area contributed by atoms with Gasteiger partial charge in [-0.05, 0) is 101 Å². The van der Waals surface area contributed by atoms with Gasteiger partial charge >= 0.3 is 11.9 Å². The minimum atomic E-state index is -1.52. The average molecular weight is 863 g/mol. The van der Waals surface area contributed by atoms with Crippen LogP contribution in [0.4, 0.5) is 0 Å². The van der Waals surface area contributed by atoms with E-state index in [-0.39, 0.29) is 24.5 Å². The highest BCUT2D eigenvalue weighted by Crippen LogP contribution is 2.44. The number of carbonyl (C=O) groups is 2. The van der Waals surface area contributed by atoms with Crippen LogP contribution in [0.25, 0.3) is 0 Å². The Labute approximate surface area is 360 Å². The number of aliphatic hydroxyl groups is 2. The first kappa shape index (κ1) is 52.8. The molecule has 0 bridgehead atoms. The number of methoxy groups -OCH3 is 2. The lowest BCUT2D eigenvalue weighted by Crippen LogP contribution is -2.61. The van der Waals surface area contributed by atoms with Crippen molar-refractivity contribution < 1.29 is 67.2 Å². The maximum atomic E-state index is 14.7. The third-order valence-electron chi connectivity index (χ3n) is 12.9. The quantitative estimate of drug-likeness (QED) is 0.155. The van der Waals surface area contributed by atoms with Crippen LogP contribution in [0.3, 0.4) is 0 Å². The Balaban J connectivity index is 2.14. The van der Waals surface area contributed by atoms with Gasteiger partial charge in [0.15, 0.2) is 18.7 Å². The van der Waals surface area contributed by atoms with Gasteiger partial charge in [-0.25, -0.2) is 0 Å². The second kappa shape index (κ2) is 21.4. The van der Waals surface area contributed by atoms with Crippen molar-refractivity contribution in [2.75, 3.05) is 49.0 Å². The molecule has 0 aliphatic carbocycles. The lowest BCUT2D eigenvalue weighted by atomic mass is 9.77. The van der Waals surface area contributed by atoms with E-state index in [0.717, 1.165) is 0 Å². The van der Waals surface area contributed by atoms with Gasteiger partial charge in [0.25, 0.3) is 5.97 Å². The highest BCUT2D eigenvalue weighted by atomic mass is 16.9. The molecule has 352 valence electrons. The molecule has 3 aliphatic rings. The highest BCUT2D eigenvalue weighted by molar-refractivity contribution is 5.73. The van der Waals surface area contributed by atoms with Gasteiger partial charge in [-0.15, -0.1) is 0 Å². The zero-order chi connectivity index (χ0) is 45.7. The summed E-state index contributed by atoms with van der Waals surface area (Å²) in [5, 5.41) is 24.3. The Morgan fingerprint density at radius 3 is 2.13 bits per heavy atom. The molecule has 0 aromatic heterocycles. The van der Waals surface area contributed by atoms with E-state index in [2.05, 4.69) is 11.8 Å². The zero-order valence-electron chi connectivity index (χ0n) is 40.0. The van der Waals surface area contributed by atoms with Crippen LogP contribution >= 0.6 is 0 Å². The van der Waals surface area contributed by atoms with Gasteiger partial charge in [-0.2, -0.15) is 0 Å². The molecule has 0 aromatic carbocycles. The summed E-state index contributed by atoms with van der Waals surface area (Å²) in [6, 6.07) is -0.275. The maximum absolute atomic E-state index is 14.7. The van der Waals surface area contributed by atoms with Crippen molar-refractivity contribution in [2.45, 2.75) is 205 Å². The summed E-state index contributed by atoms with van der Waals surface area (Å²) in [5.74, 6) is -4.08. The number of aliphatic hydroxyl groups excluding tert-OH is 1. The molecule has 16 heteroatoms. The Morgan fingerprint density at radius 2 is 1.62 bits per heavy atom. The van der Waals surface area contributed by atoms with E-state index >= 15 is 0 Å². The van der Waals surface area contributed by atoms with Crippen LogP contribution in [-0.4, -0.2) is 171 Å². The van der Waals surface area contributed by atoms with E-state index < -0.39 is 102 Å². The molecule has 2 N–H and O–H groups in total. The van der Waals surface area contributed by atoms with Crippen molar-refractivity contribution in [3.63, 3.8) is 0 Å². The first-order valence-corrected chi connectivity index (χ1v) is 21.9. The Kier molecular flexibility index (Phi) is 18.9. The average Bonchev–Trinajstić information content (AvgIpc) is 3.43. The molecule has 16 nitrogen and oxygen atoms in total. The van der Waals surface area contributed by atoms with Gasteiger partial charge in [0.05, 0.1) is 42.0 Å². The second-order valence-electron chi connectivity index (χ2n) is 19.0. The molecular weight excluding hydrogens is 780 g/mol. The van der Waals surface area contributed by atoms with Gasteiger partial charge in [0, 0.05) is 53.0 Å². The van der Waals surface area contributed by atoms with Crippen LogP contribution in [0.1, 0.15) is 115 Å². The molecule has 3 saturated heterocycles.